The Hall–Kier alpha value is -1.96. The van der Waals surface area contributed by atoms with Gasteiger partial charge in [-0.1, -0.05) is 80.9 Å². The van der Waals surface area contributed by atoms with Crippen LogP contribution < -0.4 is 0 Å². The number of hydrogen-bond acceptors (Lipinski definition) is 2. The van der Waals surface area contributed by atoms with Gasteiger partial charge in [0.1, 0.15) is 11.1 Å². The minimum absolute atomic E-state index is 0.0154. The van der Waals surface area contributed by atoms with E-state index in [1.165, 1.54) is 30.4 Å². The first-order chi connectivity index (χ1) is 11.6. The van der Waals surface area contributed by atoms with Gasteiger partial charge < -0.3 is 0 Å². The first-order valence-electron chi connectivity index (χ1n) is 9.20. The second-order valence-electron chi connectivity index (χ2n) is 8.23. The lowest BCUT2D eigenvalue weighted by molar-refractivity contribution is 0.140. The largest absolute Gasteiger partial charge is 0.181 e. The first kappa shape index (κ1) is 14.4. The van der Waals surface area contributed by atoms with Crippen molar-refractivity contribution < 1.29 is 0 Å². The molecule has 2 aliphatic carbocycles. The van der Waals surface area contributed by atoms with Crippen molar-refractivity contribution in [2.75, 3.05) is 0 Å². The summed E-state index contributed by atoms with van der Waals surface area (Å²) in [5.41, 5.74) is 2.34. The molecule has 0 radical (unpaired) electrons. The van der Waals surface area contributed by atoms with Crippen LogP contribution in [0, 0.1) is 17.3 Å². The zero-order chi connectivity index (χ0) is 16.4. The molecule has 5 rings (SSSR count). The van der Waals surface area contributed by atoms with Gasteiger partial charge in [0.25, 0.3) is 0 Å². The van der Waals surface area contributed by atoms with Crippen molar-refractivity contribution in [2.45, 2.75) is 44.2 Å². The van der Waals surface area contributed by atoms with Crippen LogP contribution in [0.1, 0.15) is 44.2 Å². The molecule has 2 heteroatoms. The molecule has 2 fully saturated rings. The molecule has 2 nitrogen and oxygen atoms in total. The molecule has 1 aliphatic heterocycles. The molecule has 2 aromatic carbocycles. The van der Waals surface area contributed by atoms with E-state index in [1.807, 2.05) is 0 Å². The van der Waals surface area contributed by atoms with Gasteiger partial charge in [0, 0.05) is 5.41 Å². The smallest absolute Gasteiger partial charge is 0.117 e. The minimum atomic E-state index is -0.175. The second kappa shape index (κ2) is 4.56. The number of fused-ring (bicyclic) bond motifs is 5. The third kappa shape index (κ3) is 1.36. The van der Waals surface area contributed by atoms with Crippen LogP contribution in [-0.2, 0) is 11.1 Å². The monoisotopic (exact) mass is 316 g/mol. The number of benzene rings is 2. The van der Waals surface area contributed by atoms with Gasteiger partial charge in [0.05, 0.1) is 0 Å². The molecule has 24 heavy (non-hydrogen) atoms. The highest BCUT2D eigenvalue weighted by molar-refractivity contribution is 5.45. The van der Waals surface area contributed by atoms with Crippen molar-refractivity contribution in [3.05, 3.63) is 71.8 Å². The molecule has 3 aliphatic rings. The predicted octanol–water partition coefficient (Wildman–Crippen LogP) is 5.70. The van der Waals surface area contributed by atoms with Crippen LogP contribution in [0.5, 0.6) is 0 Å². The van der Waals surface area contributed by atoms with E-state index in [9.17, 15) is 0 Å². The van der Waals surface area contributed by atoms with Crippen molar-refractivity contribution in [2.24, 2.45) is 27.5 Å². The van der Waals surface area contributed by atoms with Crippen molar-refractivity contribution in [3.63, 3.8) is 0 Å². The molecule has 0 amide bonds. The Morgan fingerprint density at radius 1 is 0.708 bits per heavy atom. The molecule has 2 aromatic rings. The summed E-state index contributed by atoms with van der Waals surface area (Å²) >= 11 is 0. The highest BCUT2D eigenvalue weighted by atomic mass is 15.3. The standard InChI is InChI=1S/C22H24N2/c1-20(2)21(16-10-5-3-6-11-16)18-14-9-15-19(18)22(20,24-23-21)17-12-7-4-8-13-17/h3-8,10-13,18-19H,9,14-15H2,1-2H3. The highest BCUT2D eigenvalue weighted by Crippen LogP contribution is 2.77. The van der Waals surface area contributed by atoms with Crippen molar-refractivity contribution >= 4 is 0 Å². The molecule has 0 N–H and O–H groups in total. The van der Waals surface area contributed by atoms with Crippen LogP contribution >= 0.6 is 0 Å². The van der Waals surface area contributed by atoms with Crippen LogP contribution in [0.4, 0.5) is 0 Å². The van der Waals surface area contributed by atoms with Gasteiger partial charge >= 0.3 is 0 Å². The fraction of sp³-hybridized carbons (Fsp3) is 0.455. The second-order valence-corrected chi connectivity index (χ2v) is 8.23. The predicted molar refractivity (Wildman–Crippen MR) is 95.7 cm³/mol. The zero-order valence-corrected chi connectivity index (χ0v) is 14.4. The maximum atomic E-state index is 5.07. The average molecular weight is 316 g/mol. The first-order valence-corrected chi connectivity index (χ1v) is 9.20. The van der Waals surface area contributed by atoms with Crippen LogP contribution in [0.2, 0.25) is 0 Å². The van der Waals surface area contributed by atoms with Gasteiger partial charge in [-0.25, -0.2) is 0 Å². The number of azo groups is 1. The maximum absolute atomic E-state index is 5.07. The van der Waals surface area contributed by atoms with Gasteiger partial charge in [0.15, 0.2) is 0 Å². The lowest BCUT2D eigenvalue weighted by atomic mass is 9.61. The molecule has 4 unspecified atom stereocenters. The summed E-state index contributed by atoms with van der Waals surface area (Å²) in [5.74, 6) is 1.21. The topological polar surface area (TPSA) is 24.7 Å². The SMILES string of the molecule is CC1(C)C2(c3ccccc3)N=NC1(c1ccccc1)C1CCCC12. The van der Waals surface area contributed by atoms with Gasteiger partial charge in [0.2, 0.25) is 0 Å². The molecule has 0 aromatic heterocycles. The number of hydrogen-bond donors (Lipinski definition) is 0. The summed E-state index contributed by atoms with van der Waals surface area (Å²) in [6.07, 6.45) is 3.85. The molecular formula is C22H24N2. The van der Waals surface area contributed by atoms with E-state index < -0.39 is 0 Å². The summed E-state index contributed by atoms with van der Waals surface area (Å²) in [5, 5.41) is 10.1. The molecule has 0 spiro atoms. The number of rotatable bonds is 2. The summed E-state index contributed by atoms with van der Waals surface area (Å²) < 4.78 is 0. The molecule has 2 saturated carbocycles. The Kier molecular flexibility index (Phi) is 2.73. The van der Waals surface area contributed by atoms with Gasteiger partial charge in [-0.15, -0.1) is 0 Å². The summed E-state index contributed by atoms with van der Waals surface area (Å²) in [6, 6.07) is 21.9. The van der Waals surface area contributed by atoms with E-state index in [4.69, 9.17) is 10.2 Å². The van der Waals surface area contributed by atoms with Gasteiger partial charge in [-0.2, -0.15) is 10.2 Å². The van der Waals surface area contributed by atoms with E-state index in [1.54, 1.807) is 0 Å². The summed E-state index contributed by atoms with van der Waals surface area (Å²) in [6.45, 7) is 4.82. The molecule has 4 atom stereocenters. The Morgan fingerprint density at radius 2 is 1.12 bits per heavy atom. The summed E-state index contributed by atoms with van der Waals surface area (Å²) in [4.78, 5) is 0. The summed E-state index contributed by atoms with van der Waals surface area (Å²) in [7, 11) is 0. The maximum Gasteiger partial charge on any atom is 0.117 e. The lowest BCUT2D eigenvalue weighted by Gasteiger charge is -2.41. The fourth-order valence-electron chi connectivity index (χ4n) is 6.38. The van der Waals surface area contributed by atoms with Crippen LogP contribution in [0.3, 0.4) is 0 Å². The van der Waals surface area contributed by atoms with E-state index in [0.717, 1.165) is 0 Å². The third-order valence-corrected chi connectivity index (χ3v) is 7.29. The Labute approximate surface area is 144 Å². The van der Waals surface area contributed by atoms with Gasteiger partial charge in [-0.3, -0.25) is 0 Å². The Morgan fingerprint density at radius 3 is 1.54 bits per heavy atom. The molecule has 1 heterocycles. The van der Waals surface area contributed by atoms with Crippen LogP contribution in [0.15, 0.2) is 70.9 Å². The normalized spacial score (nSPS) is 38.4. The van der Waals surface area contributed by atoms with E-state index in [2.05, 4.69) is 74.5 Å². The van der Waals surface area contributed by atoms with Crippen molar-refractivity contribution in [1.29, 1.82) is 0 Å². The molecular weight excluding hydrogens is 292 g/mol. The minimum Gasteiger partial charge on any atom is -0.181 e. The molecule has 122 valence electrons. The fourth-order valence-corrected chi connectivity index (χ4v) is 6.38. The number of nitrogens with zero attached hydrogens (tertiary/aromatic N) is 2. The average Bonchev–Trinajstić information content (AvgIpc) is 3.24. The Balaban J connectivity index is 1.80. The highest BCUT2D eigenvalue weighted by Gasteiger charge is 2.78. The lowest BCUT2D eigenvalue weighted by Crippen LogP contribution is -2.44. The third-order valence-electron chi connectivity index (χ3n) is 7.29. The zero-order valence-electron chi connectivity index (χ0n) is 14.4. The van der Waals surface area contributed by atoms with Crippen molar-refractivity contribution in [3.8, 4) is 0 Å². The molecule has 2 bridgehead atoms. The van der Waals surface area contributed by atoms with Crippen molar-refractivity contribution in [1.82, 2.24) is 0 Å². The van der Waals surface area contributed by atoms with E-state index in [-0.39, 0.29) is 16.5 Å². The van der Waals surface area contributed by atoms with E-state index >= 15 is 0 Å². The van der Waals surface area contributed by atoms with Crippen LogP contribution in [-0.4, -0.2) is 0 Å². The van der Waals surface area contributed by atoms with Crippen LogP contribution in [0.25, 0.3) is 0 Å². The van der Waals surface area contributed by atoms with E-state index in [0.29, 0.717) is 11.8 Å². The van der Waals surface area contributed by atoms with Gasteiger partial charge in [-0.05, 0) is 35.8 Å². The quantitative estimate of drug-likeness (QED) is 0.679. The Bertz CT molecular complexity index is 730. The molecule has 0 saturated heterocycles.